The molecule has 0 aliphatic heterocycles. The van der Waals surface area contributed by atoms with Gasteiger partial charge in [-0.3, -0.25) is 9.00 Å². The van der Waals surface area contributed by atoms with Gasteiger partial charge in [0.2, 0.25) is 5.91 Å². The summed E-state index contributed by atoms with van der Waals surface area (Å²) in [6, 6.07) is 16.8. The first kappa shape index (κ1) is 21.4. The van der Waals surface area contributed by atoms with E-state index >= 15 is 0 Å². The van der Waals surface area contributed by atoms with Crippen molar-refractivity contribution in [3.8, 4) is 0 Å². The highest BCUT2D eigenvalue weighted by Gasteiger charge is 2.27. The Balaban J connectivity index is 0.00000312. The Hall–Kier alpha value is -1.69. The average molecular weight is 381 g/mol. The van der Waals surface area contributed by atoms with Gasteiger partial charge in [-0.2, -0.15) is 0 Å². The predicted octanol–water partition coefficient (Wildman–Crippen LogP) is 3.87. The number of nitrogens with two attached hydrogens (primary N) is 1. The normalized spacial score (nSPS) is 14.0. The minimum atomic E-state index is -1.11. The molecule has 2 unspecified atom stereocenters. The number of hydrogen-bond acceptors (Lipinski definition) is 3. The molecular weight excluding hydrogens is 356 g/mol. The first-order valence-corrected chi connectivity index (χ1v) is 9.37. The van der Waals surface area contributed by atoms with E-state index in [1.165, 1.54) is 0 Å². The molecule has 2 rings (SSSR count). The number of carbonyl (C=O) groups excluding carboxylic acids is 1. The summed E-state index contributed by atoms with van der Waals surface area (Å²) in [6.07, 6.45) is 1.47. The van der Waals surface area contributed by atoms with E-state index in [9.17, 15) is 9.00 Å². The van der Waals surface area contributed by atoms with Gasteiger partial charge in [0.15, 0.2) is 0 Å². The van der Waals surface area contributed by atoms with Crippen molar-refractivity contribution in [1.29, 1.82) is 0 Å². The maximum atomic E-state index is 12.4. The molecule has 0 aliphatic rings. The summed E-state index contributed by atoms with van der Waals surface area (Å²) in [5.41, 5.74) is 6.74. The van der Waals surface area contributed by atoms with Crippen LogP contribution in [0.15, 0.2) is 59.5 Å². The molecule has 0 aromatic heterocycles. The Morgan fingerprint density at radius 3 is 2.48 bits per heavy atom. The third-order valence-electron chi connectivity index (χ3n) is 3.78. The van der Waals surface area contributed by atoms with Crippen molar-refractivity contribution < 1.29 is 9.00 Å². The highest BCUT2D eigenvalue weighted by Crippen LogP contribution is 2.18. The smallest absolute Gasteiger partial charge is 0.244 e. The van der Waals surface area contributed by atoms with Crippen molar-refractivity contribution in [2.24, 2.45) is 5.73 Å². The molecule has 0 heterocycles. The van der Waals surface area contributed by atoms with Crippen molar-refractivity contribution in [2.45, 2.75) is 42.9 Å². The van der Waals surface area contributed by atoms with E-state index in [1.807, 2.05) is 61.5 Å². The zero-order chi connectivity index (χ0) is 17.6. The fraction of sp³-hybridized carbons (Fsp3) is 0.316. The Kier molecular flexibility index (Phi) is 8.29. The number of halogens is 1. The van der Waals surface area contributed by atoms with Crippen LogP contribution in [0.5, 0.6) is 0 Å². The molecule has 0 fully saturated rings. The molecule has 4 nitrogen and oxygen atoms in total. The number of hydrogen-bond donors (Lipinski definition) is 2. The van der Waals surface area contributed by atoms with Crippen LogP contribution in [0.4, 0.5) is 5.69 Å². The Morgan fingerprint density at radius 2 is 1.84 bits per heavy atom. The fourth-order valence-corrected chi connectivity index (χ4v) is 3.56. The summed E-state index contributed by atoms with van der Waals surface area (Å²) >= 11 is 0. The second kappa shape index (κ2) is 9.70. The second-order valence-corrected chi connectivity index (χ2v) is 7.58. The minimum absolute atomic E-state index is 0. The summed E-state index contributed by atoms with van der Waals surface area (Å²) < 4.78 is 12.4. The zero-order valence-corrected chi connectivity index (χ0v) is 16.2. The fourth-order valence-electron chi connectivity index (χ4n) is 2.45. The summed E-state index contributed by atoms with van der Waals surface area (Å²) in [6.45, 7) is 3.73. The van der Waals surface area contributed by atoms with Crippen molar-refractivity contribution >= 4 is 34.8 Å². The van der Waals surface area contributed by atoms with E-state index < -0.39 is 16.3 Å². The minimum Gasteiger partial charge on any atom is -0.324 e. The number of amides is 1. The summed E-state index contributed by atoms with van der Waals surface area (Å²) in [7, 11) is -1.11. The molecule has 0 radical (unpaired) electrons. The lowest BCUT2D eigenvalue weighted by molar-refractivity contribution is -0.120. The van der Waals surface area contributed by atoms with Gasteiger partial charge in [0.1, 0.15) is 0 Å². The van der Waals surface area contributed by atoms with Gasteiger partial charge < -0.3 is 11.1 Å². The molecule has 0 spiro atoms. The van der Waals surface area contributed by atoms with E-state index in [-0.39, 0.29) is 18.3 Å². The molecule has 2 aromatic rings. The van der Waals surface area contributed by atoms with E-state index in [1.54, 1.807) is 6.92 Å². The van der Waals surface area contributed by atoms with Crippen LogP contribution in [0.3, 0.4) is 0 Å². The molecule has 6 heteroatoms. The molecule has 0 aliphatic carbocycles. The van der Waals surface area contributed by atoms with Crippen LogP contribution in [0, 0.1) is 0 Å². The summed E-state index contributed by atoms with van der Waals surface area (Å²) in [5.74, 6) is 0.202. The average Bonchev–Trinajstić information content (AvgIpc) is 2.56. The van der Waals surface area contributed by atoms with Gasteiger partial charge in [-0.1, -0.05) is 43.7 Å². The van der Waals surface area contributed by atoms with E-state index in [0.717, 1.165) is 16.9 Å². The molecule has 136 valence electrons. The quantitative estimate of drug-likeness (QED) is 0.765. The molecular formula is C19H25ClN2O2S. The van der Waals surface area contributed by atoms with Crippen LogP contribution in [-0.4, -0.2) is 15.7 Å². The molecule has 3 N–H and O–H groups in total. The number of carbonyl (C=O) groups is 1. The van der Waals surface area contributed by atoms with Crippen LogP contribution in [-0.2, 0) is 21.3 Å². The standard InChI is InChI=1S/C19H24N2O2S.ClH/c1-3-12-19(2,20)18(22)21-16-9-7-8-15(13-16)14-24(23)17-10-5-4-6-11-17;/h4-11,13H,3,12,14,20H2,1-2H3,(H,21,22);1H. The monoisotopic (exact) mass is 380 g/mol. The molecule has 2 aromatic carbocycles. The van der Waals surface area contributed by atoms with Crippen molar-refractivity contribution in [3.63, 3.8) is 0 Å². The Morgan fingerprint density at radius 1 is 1.16 bits per heavy atom. The van der Waals surface area contributed by atoms with Crippen LogP contribution in [0.2, 0.25) is 0 Å². The lowest BCUT2D eigenvalue weighted by Crippen LogP contribution is -2.48. The third kappa shape index (κ3) is 6.27. The van der Waals surface area contributed by atoms with E-state index in [0.29, 0.717) is 17.9 Å². The van der Waals surface area contributed by atoms with Crippen LogP contribution in [0.25, 0.3) is 0 Å². The van der Waals surface area contributed by atoms with Crippen LogP contribution >= 0.6 is 12.4 Å². The molecule has 2 atom stereocenters. The molecule has 0 saturated heterocycles. The van der Waals surface area contributed by atoms with Crippen molar-refractivity contribution in [1.82, 2.24) is 0 Å². The summed E-state index contributed by atoms with van der Waals surface area (Å²) in [4.78, 5) is 13.1. The highest BCUT2D eigenvalue weighted by atomic mass is 35.5. The van der Waals surface area contributed by atoms with Gasteiger partial charge in [-0.25, -0.2) is 0 Å². The molecule has 25 heavy (non-hydrogen) atoms. The second-order valence-electron chi connectivity index (χ2n) is 6.12. The molecule has 0 bridgehead atoms. The number of nitrogens with one attached hydrogen (secondary N) is 1. The number of anilines is 1. The van der Waals surface area contributed by atoms with Gasteiger partial charge in [0.05, 0.1) is 22.1 Å². The topological polar surface area (TPSA) is 72.2 Å². The van der Waals surface area contributed by atoms with E-state index in [4.69, 9.17) is 5.73 Å². The maximum Gasteiger partial charge on any atom is 0.244 e. The maximum absolute atomic E-state index is 12.4. The van der Waals surface area contributed by atoms with Crippen LogP contribution in [0.1, 0.15) is 32.3 Å². The van der Waals surface area contributed by atoms with Gasteiger partial charge in [-0.05, 0) is 43.2 Å². The van der Waals surface area contributed by atoms with Gasteiger partial charge in [0.25, 0.3) is 0 Å². The third-order valence-corrected chi connectivity index (χ3v) is 5.17. The Bertz CT molecular complexity index is 720. The summed E-state index contributed by atoms with van der Waals surface area (Å²) in [5, 5.41) is 2.86. The largest absolute Gasteiger partial charge is 0.324 e. The molecule has 1 amide bonds. The lowest BCUT2D eigenvalue weighted by Gasteiger charge is -2.23. The van der Waals surface area contributed by atoms with Crippen molar-refractivity contribution in [2.75, 3.05) is 5.32 Å². The SMILES string of the molecule is CCCC(C)(N)C(=O)Nc1cccc(CS(=O)c2ccccc2)c1.Cl. The number of rotatable bonds is 7. The van der Waals surface area contributed by atoms with Gasteiger partial charge in [0, 0.05) is 10.6 Å². The molecule has 0 saturated carbocycles. The Labute approximate surface area is 158 Å². The van der Waals surface area contributed by atoms with Gasteiger partial charge in [-0.15, -0.1) is 12.4 Å². The van der Waals surface area contributed by atoms with Crippen LogP contribution < -0.4 is 11.1 Å². The predicted molar refractivity (Wildman–Crippen MR) is 106 cm³/mol. The highest BCUT2D eigenvalue weighted by molar-refractivity contribution is 7.84. The lowest BCUT2D eigenvalue weighted by atomic mass is 9.96. The first-order valence-electron chi connectivity index (χ1n) is 8.05. The van der Waals surface area contributed by atoms with E-state index in [2.05, 4.69) is 5.32 Å². The first-order chi connectivity index (χ1) is 11.4. The van der Waals surface area contributed by atoms with Gasteiger partial charge >= 0.3 is 0 Å². The number of benzene rings is 2. The van der Waals surface area contributed by atoms with Crippen molar-refractivity contribution in [3.05, 3.63) is 60.2 Å². The zero-order valence-electron chi connectivity index (χ0n) is 14.5.